The zero-order valence-corrected chi connectivity index (χ0v) is 9.93. The Kier molecular flexibility index (Phi) is 3.44. The Hall–Kier alpha value is -1.40. The van der Waals surface area contributed by atoms with E-state index in [2.05, 4.69) is 10.3 Å². The first-order valence-electron chi connectivity index (χ1n) is 5.70. The van der Waals surface area contributed by atoms with Gasteiger partial charge in [-0.25, -0.2) is 4.98 Å². The number of nitrogens with one attached hydrogen (secondary N) is 1. The summed E-state index contributed by atoms with van der Waals surface area (Å²) in [6.07, 6.45) is 5.29. The zero-order chi connectivity index (χ0) is 12.3. The number of nitrogens with zero attached hydrogens (tertiary/aromatic N) is 2. The second kappa shape index (κ2) is 4.85. The van der Waals surface area contributed by atoms with Gasteiger partial charge in [-0.2, -0.15) is 0 Å². The molecular weight excluding hydrogens is 220 g/mol. The molecule has 1 amide bonds. The third-order valence-corrected chi connectivity index (χ3v) is 3.25. The fourth-order valence-electron chi connectivity index (χ4n) is 1.84. The first-order valence-corrected chi connectivity index (χ1v) is 5.70. The van der Waals surface area contributed by atoms with Crippen LogP contribution in [0.1, 0.15) is 6.92 Å². The van der Waals surface area contributed by atoms with Gasteiger partial charge < -0.3 is 20.4 Å². The first kappa shape index (κ1) is 12.1. The number of ether oxygens (including phenoxy) is 1. The van der Waals surface area contributed by atoms with Gasteiger partial charge in [0, 0.05) is 31.5 Å². The van der Waals surface area contributed by atoms with E-state index in [1.54, 1.807) is 12.5 Å². The van der Waals surface area contributed by atoms with E-state index in [4.69, 9.17) is 10.5 Å². The van der Waals surface area contributed by atoms with Crippen molar-refractivity contribution in [2.24, 2.45) is 11.1 Å². The summed E-state index contributed by atoms with van der Waals surface area (Å²) in [5, 5.41) is 2.89. The third-order valence-electron chi connectivity index (χ3n) is 3.25. The number of carbonyl (C=O) groups is 1. The summed E-state index contributed by atoms with van der Waals surface area (Å²) in [7, 11) is 0. The van der Waals surface area contributed by atoms with Gasteiger partial charge in [0.05, 0.1) is 25.0 Å². The Morgan fingerprint density at radius 2 is 2.59 bits per heavy atom. The zero-order valence-electron chi connectivity index (χ0n) is 9.93. The Labute approximate surface area is 100 Å². The molecule has 2 atom stereocenters. The van der Waals surface area contributed by atoms with Crippen LogP contribution >= 0.6 is 0 Å². The van der Waals surface area contributed by atoms with E-state index >= 15 is 0 Å². The van der Waals surface area contributed by atoms with Gasteiger partial charge in [-0.05, 0) is 6.92 Å². The molecule has 0 saturated carbocycles. The molecule has 0 aromatic carbocycles. The molecule has 2 rings (SSSR count). The predicted octanol–water partition coefficient (Wildman–Crippen LogP) is -0.637. The molecule has 1 aromatic rings. The van der Waals surface area contributed by atoms with Crippen LogP contribution in [0.25, 0.3) is 0 Å². The smallest absolute Gasteiger partial charge is 0.230 e. The van der Waals surface area contributed by atoms with Crippen LogP contribution in [0.3, 0.4) is 0 Å². The van der Waals surface area contributed by atoms with Gasteiger partial charge in [-0.15, -0.1) is 0 Å². The number of hydrogen-bond donors (Lipinski definition) is 2. The molecule has 1 aliphatic heterocycles. The van der Waals surface area contributed by atoms with E-state index in [-0.39, 0.29) is 11.9 Å². The molecule has 1 fully saturated rings. The molecule has 0 radical (unpaired) electrons. The summed E-state index contributed by atoms with van der Waals surface area (Å²) in [4.78, 5) is 15.9. The van der Waals surface area contributed by atoms with Crippen LogP contribution in [0.4, 0.5) is 0 Å². The van der Waals surface area contributed by atoms with Crippen molar-refractivity contribution in [2.45, 2.75) is 19.5 Å². The van der Waals surface area contributed by atoms with Crippen LogP contribution in [-0.4, -0.2) is 41.3 Å². The van der Waals surface area contributed by atoms with Crippen molar-refractivity contribution in [1.29, 1.82) is 0 Å². The number of imidazole rings is 1. The molecule has 1 saturated heterocycles. The quantitative estimate of drug-likeness (QED) is 0.731. The predicted molar refractivity (Wildman–Crippen MR) is 62.1 cm³/mol. The van der Waals surface area contributed by atoms with Crippen molar-refractivity contribution in [1.82, 2.24) is 14.9 Å². The molecule has 1 aromatic heterocycles. The summed E-state index contributed by atoms with van der Waals surface area (Å²) in [6, 6.07) is -0.226. The average molecular weight is 238 g/mol. The first-order chi connectivity index (χ1) is 8.13. The normalized spacial score (nSPS) is 28.2. The van der Waals surface area contributed by atoms with E-state index in [1.165, 1.54) is 0 Å². The molecule has 6 heteroatoms. The third kappa shape index (κ3) is 2.48. The highest BCUT2D eigenvalue weighted by Crippen LogP contribution is 2.26. The van der Waals surface area contributed by atoms with E-state index in [9.17, 15) is 4.79 Å². The highest BCUT2D eigenvalue weighted by atomic mass is 16.5. The summed E-state index contributed by atoms with van der Waals surface area (Å²) < 4.78 is 7.16. The topological polar surface area (TPSA) is 82.2 Å². The second-order valence-corrected chi connectivity index (χ2v) is 4.60. The molecule has 94 valence electrons. The summed E-state index contributed by atoms with van der Waals surface area (Å²) in [6.45, 7) is 3.96. The molecule has 1 aliphatic rings. The minimum atomic E-state index is -0.602. The van der Waals surface area contributed by atoms with Crippen LogP contribution in [0.15, 0.2) is 18.7 Å². The van der Waals surface area contributed by atoms with Crippen LogP contribution in [-0.2, 0) is 16.1 Å². The second-order valence-electron chi connectivity index (χ2n) is 4.60. The molecular formula is C11H18N4O2. The number of nitrogens with two attached hydrogens (primary N) is 1. The largest absolute Gasteiger partial charge is 0.379 e. The number of amides is 1. The number of aromatic nitrogens is 2. The van der Waals surface area contributed by atoms with Gasteiger partial charge in [0.15, 0.2) is 0 Å². The molecule has 0 bridgehead atoms. The lowest BCUT2D eigenvalue weighted by Crippen LogP contribution is -2.50. The Balaban J connectivity index is 1.81. The standard InChI is InChI=1S/C11H18N4O2/c1-11(7-17-6-9(11)12)10(16)14-3-5-15-4-2-13-8-15/h2,4,8-9H,3,5-7,12H2,1H3,(H,14,16). The van der Waals surface area contributed by atoms with Crippen molar-refractivity contribution in [3.63, 3.8) is 0 Å². The summed E-state index contributed by atoms with van der Waals surface area (Å²) >= 11 is 0. The highest BCUT2D eigenvalue weighted by molar-refractivity contribution is 5.83. The van der Waals surface area contributed by atoms with Crippen molar-refractivity contribution in [3.05, 3.63) is 18.7 Å². The average Bonchev–Trinajstić information content (AvgIpc) is 2.91. The Bertz CT molecular complexity index is 379. The fraction of sp³-hybridized carbons (Fsp3) is 0.636. The van der Waals surface area contributed by atoms with Crippen molar-refractivity contribution in [2.75, 3.05) is 19.8 Å². The van der Waals surface area contributed by atoms with Crippen LogP contribution in [0, 0.1) is 5.41 Å². The maximum Gasteiger partial charge on any atom is 0.230 e. The lowest BCUT2D eigenvalue weighted by Gasteiger charge is -2.25. The lowest BCUT2D eigenvalue weighted by atomic mass is 9.85. The van der Waals surface area contributed by atoms with Crippen LogP contribution in [0.5, 0.6) is 0 Å². The summed E-state index contributed by atoms with van der Waals surface area (Å²) in [5.41, 5.74) is 5.28. The number of carbonyl (C=O) groups excluding carboxylic acids is 1. The highest BCUT2D eigenvalue weighted by Gasteiger charge is 2.44. The van der Waals surface area contributed by atoms with Gasteiger partial charge in [-0.3, -0.25) is 4.79 Å². The number of rotatable bonds is 4. The molecule has 17 heavy (non-hydrogen) atoms. The maximum absolute atomic E-state index is 12.0. The van der Waals surface area contributed by atoms with Gasteiger partial charge in [0.25, 0.3) is 0 Å². The Morgan fingerprint density at radius 3 is 3.18 bits per heavy atom. The Morgan fingerprint density at radius 1 is 1.76 bits per heavy atom. The van der Waals surface area contributed by atoms with E-state index < -0.39 is 5.41 Å². The summed E-state index contributed by atoms with van der Waals surface area (Å²) in [5.74, 6) is -0.0392. The molecule has 2 unspecified atom stereocenters. The maximum atomic E-state index is 12.0. The van der Waals surface area contributed by atoms with Gasteiger partial charge in [-0.1, -0.05) is 0 Å². The van der Waals surface area contributed by atoms with E-state index in [1.807, 2.05) is 17.7 Å². The number of hydrogen-bond acceptors (Lipinski definition) is 4. The van der Waals surface area contributed by atoms with Crippen LogP contribution in [0.2, 0.25) is 0 Å². The van der Waals surface area contributed by atoms with Crippen molar-refractivity contribution >= 4 is 5.91 Å². The minimum Gasteiger partial charge on any atom is -0.379 e. The minimum absolute atomic E-state index is 0.0392. The fourth-order valence-corrected chi connectivity index (χ4v) is 1.84. The molecule has 0 aliphatic carbocycles. The van der Waals surface area contributed by atoms with Crippen molar-refractivity contribution < 1.29 is 9.53 Å². The molecule has 3 N–H and O–H groups in total. The van der Waals surface area contributed by atoms with Gasteiger partial charge >= 0.3 is 0 Å². The van der Waals surface area contributed by atoms with E-state index in [0.717, 1.165) is 0 Å². The van der Waals surface area contributed by atoms with E-state index in [0.29, 0.717) is 26.3 Å². The van der Waals surface area contributed by atoms with Crippen LogP contribution < -0.4 is 11.1 Å². The van der Waals surface area contributed by atoms with Gasteiger partial charge in [0.2, 0.25) is 5.91 Å². The van der Waals surface area contributed by atoms with Gasteiger partial charge in [0.1, 0.15) is 0 Å². The SMILES string of the molecule is CC1(C(=O)NCCn2ccnc2)COCC1N. The lowest BCUT2D eigenvalue weighted by molar-refractivity contribution is -0.130. The molecule has 2 heterocycles. The molecule has 6 nitrogen and oxygen atoms in total. The monoisotopic (exact) mass is 238 g/mol. The van der Waals surface area contributed by atoms with Crippen molar-refractivity contribution in [3.8, 4) is 0 Å². The molecule has 0 spiro atoms.